The first-order valence-corrected chi connectivity index (χ1v) is 14.3. The lowest BCUT2D eigenvalue weighted by Crippen LogP contribution is -2.42. The molecule has 1 saturated heterocycles. The summed E-state index contributed by atoms with van der Waals surface area (Å²) in [6.45, 7) is 8.66. The van der Waals surface area contributed by atoms with Crippen molar-refractivity contribution in [1.82, 2.24) is 29.2 Å². The number of halogens is 3. The number of aromatic nitrogens is 5. The number of hydrogen-bond donors (Lipinski definition) is 1. The van der Waals surface area contributed by atoms with E-state index in [1.165, 1.54) is 10.8 Å². The fraction of sp³-hybridized carbons (Fsp3) is 0.370. The van der Waals surface area contributed by atoms with E-state index in [0.717, 1.165) is 18.4 Å². The van der Waals surface area contributed by atoms with Gasteiger partial charge in [-0.25, -0.2) is 14.8 Å². The van der Waals surface area contributed by atoms with Crippen molar-refractivity contribution in [3.63, 3.8) is 0 Å². The largest absolute Gasteiger partial charge is 0.444 e. The summed E-state index contributed by atoms with van der Waals surface area (Å²) in [6.07, 6.45) is 7.90. The van der Waals surface area contributed by atoms with Crippen molar-refractivity contribution >= 4 is 67.8 Å². The number of fused-ring (bicyclic) bond motifs is 1. The molecule has 1 aromatic carbocycles. The van der Waals surface area contributed by atoms with Gasteiger partial charge in [-0.1, -0.05) is 23.2 Å². The van der Waals surface area contributed by atoms with Crippen molar-refractivity contribution < 1.29 is 9.53 Å². The second-order valence-electron chi connectivity index (χ2n) is 10.7. The Balaban J connectivity index is 1.32. The number of carbonyl (C=O) groups excluding carboxylic acids is 1. The lowest BCUT2D eigenvalue weighted by atomic mass is 10.1. The number of likely N-dealkylation sites (tertiary alicyclic amines) is 1. The molecule has 0 radical (unpaired) electrons. The summed E-state index contributed by atoms with van der Waals surface area (Å²) in [4.78, 5) is 36.3. The predicted octanol–water partition coefficient (Wildman–Crippen LogP) is 6.67. The maximum absolute atomic E-state index is 13.3. The molecule has 13 heteroatoms. The van der Waals surface area contributed by atoms with Gasteiger partial charge in [-0.15, -0.1) is 0 Å². The zero-order valence-electron chi connectivity index (χ0n) is 22.4. The fourth-order valence-electron chi connectivity index (χ4n) is 4.60. The van der Waals surface area contributed by atoms with Crippen LogP contribution in [0, 0.1) is 6.92 Å². The monoisotopic (exact) mass is 647 g/mol. The second kappa shape index (κ2) is 11.0. The van der Waals surface area contributed by atoms with Gasteiger partial charge in [0.1, 0.15) is 5.60 Å². The molecule has 4 heterocycles. The number of ether oxygens (including phenoxy) is 1. The number of piperidine rings is 1. The zero-order valence-corrected chi connectivity index (χ0v) is 25.5. The number of benzene rings is 1. The van der Waals surface area contributed by atoms with Gasteiger partial charge in [0.05, 0.1) is 49.0 Å². The highest BCUT2D eigenvalue weighted by molar-refractivity contribution is 9.10. The quantitative estimate of drug-likeness (QED) is 0.263. The Morgan fingerprint density at radius 1 is 1.12 bits per heavy atom. The molecule has 10 nitrogen and oxygen atoms in total. The number of nitrogens with one attached hydrogen (secondary N) is 1. The van der Waals surface area contributed by atoms with Crippen molar-refractivity contribution in [2.75, 3.05) is 18.4 Å². The van der Waals surface area contributed by atoms with E-state index >= 15 is 0 Å². The molecular weight excluding hydrogens is 621 g/mol. The van der Waals surface area contributed by atoms with Gasteiger partial charge < -0.3 is 15.0 Å². The molecule has 1 fully saturated rings. The molecule has 1 N–H and O–H groups in total. The Hall–Kier alpha value is -3.15. The van der Waals surface area contributed by atoms with Crippen LogP contribution in [-0.4, -0.2) is 54.0 Å². The summed E-state index contributed by atoms with van der Waals surface area (Å²) in [5, 5.41) is 8.70. The Kier molecular flexibility index (Phi) is 7.82. The molecule has 4 aromatic rings. The molecule has 1 aliphatic heterocycles. The van der Waals surface area contributed by atoms with E-state index in [4.69, 9.17) is 27.9 Å². The van der Waals surface area contributed by atoms with Gasteiger partial charge >= 0.3 is 6.09 Å². The molecule has 210 valence electrons. The van der Waals surface area contributed by atoms with Crippen LogP contribution in [0.1, 0.15) is 45.2 Å². The Morgan fingerprint density at radius 3 is 2.45 bits per heavy atom. The average Bonchev–Trinajstić information content (AvgIpc) is 3.34. The number of nitrogens with zero attached hydrogens (tertiary/aromatic N) is 6. The van der Waals surface area contributed by atoms with Gasteiger partial charge in [0.25, 0.3) is 5.56 Å². The summed E-state index contributed by atoms with van der Waals surface area (Å²) >= 11 is 16.4. The number of rotatable bonds is 4. The second-order valence-corrected chi connectivity index (χ2v) is 12.4. The van der Waals surface area contributed by atoms with E-state index in [1.54, 1.807) is 29.4 Å². The third-order valence-electron chi connectivity index (χ3n) is 6.46. The number of aryl methyl sites for hydroxylation is 1. The molecule has 3 aromatic heterocycles. The topological polar surface area (TPSA) is 107 Å². The lowest BCUT2D eigenvalue weighted by molar-refractivity contribution is 0.0185. The summed E-state index contributed by atoms with van der Waals surface area (Å²) in [6, 6.07) is 3.66. The molecular formula is C27H28BrCl2N7O3. The summed E-state index contributed by atoms with van der Waals surface area (Å²) in [7, 11) is 0. The molecule has 1 aliphatic rings. The van der Waals surface area contributed by atoms with Crippen LogP contribution in [0.15, 0.2) is 46.2 Å². The van der Waals surface area contributed by atoms with Crippen LogP contribution in [0.25, 0.3) is 16.6 Å². The number of hydrogen-bond acceptors (Lipinski definition) is 7. The van der Waals surface area contributed by atoms with Crippen LogP contribution in [0.5, 0.6) is 0 Å². The predicted molar refractivity (Wildman–Crippen MR) is 159 cm³/mol. The maximum Gasteiger partial charge on any atom is 0.410 e. The molecule has 1 amide bonds. The fourth-order valence-corrected chi connectivity index (χ4v) is 5.89. The molecule has 0 saturated carbocycles. The molecule has 0 bridgehead atoms. The first-order valence-electron chi connectivity index (χ1n) is 12.7. The van der Waals surface area contributed by atoms with Crippen molar-refractivity contribution in [3.8, 4) is 5.69 Å². The number of anilines is 2. The molecule has 40 heavy (non-hydrogen) atoms. The van der Waals surface area contributed by atoms with Crippen molar-refractivity contribution in [2.24, 2.45) is 0 Å². The molecule has 0 unspecified atom stereocenters. The van der Waals surface area contributed by atoms with E-state index in [1.807, 2.05) is 38.6 Å². The number of amides is 1. The summed E-state index contributed by atoms with van der Waals surface area (Å²) in [5.41, 5.74) is 1.57. The molecule has 0 spiro atoms. The Bertz CT molecular complexity index is 1630. The number of carbonyl (C=O) groups is 1. The van der Waals surface area contributed by atoms with Gasteiger partial charge in [0.2, 0.25) is 5.95 Å². The highest BCUT2D eigenvalue weighted by Crippen LogP contribution is 2.31. The van der Waals surface area contributed by atoms with Gasteiger partial charge in [-0.2, -0.15) is 5.10 Å². The van der Waals surface area contributed by atoms with E-state index in [-0.39, 0.29) is 17.7 Å². The minimum absolute atomic E-state index is 0.153. The van der Waals surface area contributed by atoms with Gasteiger partial charge in [-0.3, -0.25) is 14.0 Å². The standard InChI is InChI=1S/C27H28BrCl2N7O3/c1-15-9-20(29)23(21(30)10-15)36-14-19(28)22-18(24(36)38)12-31-25(34-22)33-16-11-32-37(13-16)17-5-7-35(8-6-17)26(39)40-27(2,3)4/h9-14,17H,5-8H2,1-4H3,(H,31,33,34). The highest BCUT2D eigenvalue weighted by Gasteiger charge is 2.28. The average molecular weight is 649 g/mol. The number of pyridine rings is 1. The van der Waals surface area contributed by atoms with Crippen molar-refractivity contribution in [1.29, 1.82) is 0 Å². The Morgan fingerprint density at radius 2 is 1.80 bits per heavy atom. The van der Waals surface area contributed by atoms with Crippen molar-refractivity contribution in [3.05, 3.63) is 67.4 Å². The van der Waals surface area contributed by atoms with Crippen LogP contribution >= 0.6 is 39.1 Å². The normalized spacial score (nSPS) is 14.5. The molecule has 5 rings (SSSR count). The van der Waals surface area contributed by atoms with Crippen LogP contribution in [0.4, 0.5) is 16.4 Å². The van der Waals surface area contributed by atoms with E-state index in [9.17, 15) is 9.59 Å². The van der Waals surface area contributed by atoms with Crippen LogP contribution in [-0.2, 0) is 4.74 Å². The summed E-state index contributed by atoms with van der Waals surface area (Å²) < 4.78 is 9.34. The van der Waals surface area contributed by atoms with Crippen LogP contribution in [0.3, 0.4) is 0 Å². The smallest absolute Gasteiger partial charge is 0.410 e. The zero-order chi connectivity index (χ0) is 28.8. The molecule has 0 atom stereocenters. The van der Waals surface area contributed by atoms with E-state index in [0.29, 0.717) is 55.8 Å². The van der Waals surface area contributed by atoms with Crippen LogP contribution < -0.4 is 10.9 Å². The minimum Gasteiger partial charge on any atom is -0.444 e. The lowest BCUT2D eigenvalue weighted by Gasteiger charge is -2.33. The third-order valence-corrected chi connectivity index (χ3v) is 7.61. The van der Waals surface area contributed by atoms with E-state index < -0.39 is 5.60 Å². The first kappa shape index (κ1) is 28.4. The van der Waals surface area contributed by atoms with Gasteiger partial charge in [0, 0.05) is 31.7 Å². The highest BCUT2D eigenvalue weighted by atomic mass is 79.9. The van der Waals surface area contributed by atoms with Crippen LogP contribution in [0.2, 0.25) is 10.0 Å². The summed E-state index contributed by atoms with van der Waals surface area (Å²) in [5.74, 6) is 0.316. The Labute approximate surface area is 249 Å². The minimum atomic E-state index is -0.518. The third kappa shape index (κ3) is 5.96. The first-order chi connectivity index (χ1) is 18.9. The SMILES string of the molecule is Cc1cc(Cl)c(-n2cc(Br)c3nc(Nc4cnn(C5CCN(C(=O)OC(C)(C)C)CC5)c4)ncc3c2=O)c(Cl)c1. The van der Waals surface area contributed by atoms with Crippen molar-refractivity contribution in [2.45, 2.75) is 52.2 Å². The van der Waals surface area contributed by atoms with Gasteiger partial charge in [-0.05, 0) is 74.2 Å². The maximum atomic E-state index is 13.3. The molecule has 0 aliphatic carbocycles. The van der Waals surface area contributed by atoms with E-state index in [2.05, 4.69) is 36.3 Å². The van der Waals surface area contributed by atoms with Gasteiger partial charge in [0.15, 0.2) is 0 Å².